The van der Waals surface area contributed by atoms with E-state index in [2.05, 4.69) is 96.0 Å². The monoisotopic (exact) mass is 408 g/mol. The predicted molar refractivity (Wildman–Crippen MR) is 132 cm³/mol. The first-order valence-electron chi connectivity index (χ1n) is 10.1. The van der Waals surface area contributed by atoms with Gasteiger partial charge < -0.3 is 5.32 Å². The fourth-order valence-electron chi connectivity index (χ4n) is 3.51. The average Bonchev–Trinajstić information content (AvgIpc) is 2.81. The summed E-state index contributed by atoms with van der Waals surface area (Å²) in [6.07, 6.45) is 0. The summed E-state index contributed by atoms with van der Waals surface area (Å²) in [4.78, 5) is 2.05. The summed E-state index contributed by atoms with van der Waals surface area (Å²) in [7, 11) is 0. The fraction of sp³-hybridized carbons (Fsp3) is 0.0741. The quantitative estimate of drug-likeness (QED) is 0.347. The van der Waals surface area contributed by atoms with Gasteiger partial charge in [0.15, 0.2) is 5.11 Å². The maximum atomic E-state index is 5.80. The second kappa shape index (κ2) is 9.38. The van der Waals surface area contributed by atoms with Crippen molar-refractivity contribution in [2.75, 3.05) is 10.2 Å². The third-order valence-electron chi connectivity index (χ3n) is 5.19. The van der Waals surface area contributed by atoms with Crippen LogP contribution in [0.4, 0.5) is 17.1 Å². The molecule has 0 aromatic heterocycles. The second-order valence-corrected chi connectivity index (χ2v) is 7.58. The standard InChI is InChI=1S/C27H24N2S/c1-21(22-11-5-2-6-12-22)23-17-19-24(20-18-23)28-27(30)29(25-13-7-3-8-14-25)26-15-9-4-10-16-26/h2-21H,1H3,(H,28,30). The van der Waals surface area contributed by atoms with Gasteiger partial charge in [0, 0.05) is 23.0 Å². The summed E-state index contributed by atoms with van der Waals surface area (Å²) >= 11 is 5.80. The molecule has 4 aromatic rings. The number of rotatable bonds is 5. The van der Waals surface area contributed by atoms with Gasteiger partial charge in [-0.3, -0.25) is 4.90 Å². The van der Waals surface area contributed by atoms with Crippen molar-refractivity contribution in [1.82, 2.24) is 0 Å². The zero-order valence-electron chi connectivity index (χ0n) is 16.9. The van der Waals surface area contributed by atoms with Gasteiger partial charge in [-0.05, 0) is 59.7 Å². The van der Waals surface area contributed by atoms with Crippen LogP contribution in [-0.4, -0.2) is 5.11 Å². The Morgan fingerprint density at radius 1 is 0.633 bits per heavy atom. The number of nitrogens with one attached hydrogen (secondary N) is 1. The molecule has 4 aromatic carbocycles. The number of thiocarbonyl (C=S) groups is 1. The van der Waals surface area contributed by atoms with E-state index in [1.54, 1.807) is 0 Å². The first-order chi connectivity index (χ1) is 14.7. The van der Waals surface area contributed by atoms with E-state index >= 15 is 0 Å². The van der Waals surface area contributed by atoms with Crippen LogP contribution in [0.5, 0.6) is 0 Å². The van der Waals surface area contributed by atoms with E-state index in [1.165, 1.54) is 11.1 Å². The molecular formula is C27H24N2S. The minimum atomic E-state index is 0.345. The molecule has 1 N–H and O–H groups in total. The summed E-state index contributed by atoms with van der Waals surface area (Å²) in [5, 5.41) is 4.04. The smallest absolute Gasteiger partial charge is 0.182 e. The Bertz CT molecular complexity index is 1040. The molecule has 148 valence electrons. The Labute approximate surface area is 183 Å². The molecule has 2 nitrogen and oxygen atoms in total. The Hall–Kier alpha value is -3.43. The number of benzene rings is 4. The molecule has 0 fully saturated rings. The van der Waals surface area contributed by atoms with Gasteiger partial charge in [0.25, 0.3) is 0 Å². The lowest BCUT2D eigenvalue weighted by Crippen LogP contribution is -2.30. The van der Waals surface area contributed by atoms with Gasteiger partial charge in [0.1, 0.15) is 0 Å². The van der Waals surface area contributed by atoms with E-state index in [0.717, 1.165) is 17.1 Å². The largest absolute Gasteiger partial charge is 0.332 e. The lowest BCUT2D eigenvalue weighted by Gasteiger charge is -2.26. The average molecular weight is 409 g/mol. The van der Waals surface area contributed by atoms with Gasteiger partial charge in [-0.2, -0.15) is 0 Å². The molecule has 0 saturated heterocycles. The maximum absolute atomic E-state index is 5.80. The number of hydrogen-bond donors (Lipinski definition) is 1. The third kappa shape index (κ3) is 4.58. The highest BCUT2D eigenvalue weighted by molar-refractivity contribution is 7.80. The molecule has 3 heteroatoms. The van der Waals surface area contributed by atoms with E-state index in [9.17, 15) is 0 Å². The van der Waals surface area contributed by atoms with Crippen molar-refractivity contribution in [3.8, 4) is 0 Å². The van der Waals surface area contributed by atoms with Crippen molar-refractivity contribution in [2.24, 2.45) is 0 Å². The van der Waals surface area contributed by atoms with Crippen LogP contribution in [0.2, 0.25) is 0 Å². The Morgan fingerprint density at radius 3 is 1.57 bits per heavy atom. The molecule has 4 rings (SSSR count). The molecule has 0 amide bonds. The predicted octanol–water partition coefficient (Wildman–Crippen LogP) is 7.37. The Kier molecular flexibility index (Phi) is 6.21. The number of nitrogens with zero attached hydrogens (tertiary/aromatic N) is 1. The van der Waals surface area contributed by atoms with E-state index in [1.807, 2.05) is 36.4 Å². The van der Waals surface area contributed by atoms with Crippen LogP contribution in [0.15, 0.2) is 115 Å². The van der Waals surface area contributed by atoms with Crippen molar-refractivity contribution in [1.29, 1.82) is 0 Å². The van der Waals surface area contributed by atoms with Gasteiger partial charge in [-0.15, -0.1) is 0 Å². The number of hydrogen-bond acceptors (Lipinski definition) is 1. The van der Waals surface area contributed by atoms with Crippen LogP contribution >= 0.6 is 12.2 Å². The first-order valence-corrected chi connectivity index (χ1v) is 10.5. The molecule has 30 heavy (non-hydrogen) atoms. The molecule has 1 atom stereocenters. The SMILES string of the molecule is CC(c1ccccc1)c1ccc(NC(=S)N(c2ccccc2)c2ccccc2)cc1. The molecule has 0 heterocycles. The number of para-hydroxylation sites is 2. The molecule has 0 bridgehead atoms. The maximum Gasteiger partial charge on any atom is 0.182 e. The van der Waals surface area contributed by atoms with Crippen LogP contribution in [0.1, 0.15) is 24.0 Å². The van der Waals surface area contributed by atoms with E-state index in [0.29, 0.717) is 11.0 Å². The summed E-state index contributed by atoms with van der Waals surface area (Å²) < 4.78 is 0. The second-order valence-electron chi connectivity index (χ2n) is 7.19. The van der Waals surface area contributed by atoms with Crippen LogP contribution in [0.25, 0.3) is 0 Å². The Morgan fingerprint density at radius 2 is 1.07 bits per heavy atom. The van der Waals surface area contributed by atoms with E-state index in [-0.39, 0.29) is 0 Å². The summed E-state index contributed by atoms with van der Waals surface area (Å²) in [6, 6.07) is 39.4. The lowest BCUT2D eigenvalue weighted by atomic mass is 9.93. The highest BCUT2D eigenvalue weighted by Gasteiger charge is 2.15. The number of anilines is 3. The summed E-state index contributed by atoms with van der Waals surface area (Å²) in [5.41, 5.74) is 5.61. The zero-order chi connectivity index (χ0) is 20.8. The fourth-order valence-corrected chi connectivity index (χ4v) is 3.84. The van der Waals surface area contributed by atoms with E-state index in [4.69, 9.17) is 12.2 Å². The van der Waals surface area contributed by atoms with Crippen LogP contribution in [0, 0.1) is 0 Å². The van der Waals surface area contributed by atoms with Gasteiger partial charge in [0.2, 0.25) is 0 Å². The van der Waals surface area contributed by atoms with Crippen molar-refractivity contribution >= 4 is 34.4 Å². The molecule has 0 spiro atoms. The van der Waals surface area contributed by atoms with Crippen LogP contribution in [0.3, 0.4) is 0 Å². The normalized spacial score (nSPS) is 11.5. The zero-order valence-corrected chi connectivity index (χ0v) is 17.7. The minimum absolute atomic E-state index is 0.345. The lowest BCUT2D eigenvalue weighted by molar-refractivity contribution is 0.923. The Balaban J connectivity index is 1.54. The van der Waals surface area contributed by atoms with Gasteiger partial charge in [-0.25, -0.2) is 0 Å². The summed E-state index contributed by atoms with van der Waals surface area (Å²) in [6.45, 7) is 2.23. The van der Waals surface area contributed by atoms with Crippen LogP contribution in [-0.2, 0) is 0 Å². The van der Waals surface area contributed by atoms with Crippen molar-refractivity contribution < 1.29 is 0 Å². The summed E-state index contributed by atoms with van der Waals surface area (Å²) in [5.74, 6) is 0.345. The van der Waals surface area contributed by atoms with Gasteiger partial charge in [0.05, 0.1) is 0 Å². The topological polar surface area (TPSA) is 15.3 Å². The first kappa shape index (κ1) is 19.9. The molecule has 0 saturated carbocycles. The molecule has 0 aliphatic carbocycles. The third-order valence-corrected chi connectivity index (χ3v) is 5.48. The van der Waals surface area contributed by atoms with Crippen LogP contribution < -0.4 is 10.2 Å². The minimum Gasteiger partial charge on any atom is -0.332 e. The van der Waals surface area contributed by atoms with Gasteiger partial charge >= 0.3 is 0 Å². The van der Waals surface area contributed by atoms with Crippen molar-refractivity contribution in [2.45, 2.75) is 12.8 Å². The van der Waals surface area contributed by atoms with Crippen molar-refractivity contribution in [3.05, 3.63) is 126 Å². The highest BCUT2D eigenvalue weighted by Crippen LogP contribution is 2.28. The highest BCUT2D eigenvalue weighted by atomic mass is 32.1. The molecule has 0 radical (unpaired) electrons. The van der Waals surface area contributed by atoms with Gasteiger partial charge in [-0.1, -0.05) is 85.8 Å². The van der Waals surface area contributed by atoms with Crippen molar-refractivity contribution in [3.63, 3.8) is 0 Å². The molecule has 0 aliphatic rings. The molecule has 0 aliphatic heterocycles. The van der Waals surface area contributed by atoms with E-state index < -0.39 is 0 Å². The molecule has 1 unspecified atom stereocenters. The molecular weight excluding hydrogens is 384 g/mol.